The van der Waals surface area contributed by atoms with Gasteiger partial charge < -0.3 is 20.7 Å². The minimum absolute atomic E-state index is 0.0829. The molecule has 0 spiro atoms. The molecule has 0 aliphatic carbocycles. The average molecular weight is 275 g/mol. The van der Waals surface area contributed by atoms with Crippen LogP contribution in [0.4, 0.5) is 9.59 Å². The summed E-state index contributed by atoms with van der Waals surface area (Å²) < 4.78 is 4.91. The molecule has 6 heteroatoms. The molecule has 20 heavy (non-hydrogen) atoms. The molecule has 1 unspecified atom stereocenters. The molecule has 2 atom stereocenters. The van der Waals surface area contributed by atoms with Crippen molar-refractivity contribution in [3.63, 3.8) is 0 Å². The largest absolute Gasteiger partial charge is 0.447 e. The minimum Gasteiger partial charge on any atom is -0.447 e. The maximum absolute atomic E-state index is 11.6. The Labute approximate surface area is 116 Å². The second-order valence-electron chi connectivity index (χ2n) is 5.17. The Morgan fingerprint density at radius 1 is 1.45 bits per heavy atom. The SMILES string of the molecule is NC(=O)N1CCc2ccccc2C1C[C@@H]1COC(=O)N1. The minimum atomic E-state index is -0.422. The fourth-order valence-corrected chi connectivity index (χ4v) is 2.99. The van der Waals surface area contributed by atoms with E-state index in [-0.39, 0.29) is 12.1 Å². The molecule has 3 amide bonds. The van der Waals surface area contributed by atoms with Gasteiger partial charge in [-0.2, -0.15) is 0 Å². The number of urea groups is 1. The van der Waals surface area contributed by atoms with Gasteiger partial charge in [0.1, 0.15) is 6.61 Å². The first kappa shape index (κ1) is 12.8. The van der Waals surface area contributed by atoms with Gasteiger partial charge in [0.05, 0.1) is 12.1 Å². The van der Waals surface area contributed by atoms with Gasteiger partial charge in [-0.05, 0) is 24.0 Å². The van der Waals surface area contributed by atoms with Crippen molar-refractivity contribution in [3.05, 3.63) is 35.4 Å². The number of alkyl carbamates (subject to hydrolysis) is 1. The van der Waals surface area contributed by atoms with E-state index in [2.05, 4.69) is 11.4 Å². The van der Waals surface area contributed by atoms with Gasteiger partial charge in [-0.1, -0.05) is 24.3 Å². The first-order valence-corrected chi connectivity index (χ1v) is 6.72. The Morgan fingerprint density at radius 2 is 2.25 bits per heavy atom. The van der Waals surface area contributed by atoms with Crippen molar-refractivity contribution in [3.8, 4) is 0 Å². The second-order valence-corrected chi connectivity index (χ2v) is 5.17. The van der Waals surface area contributed by atoms with Crippen LogP contribution in [0.2, 0.25) is 0 Å². The Bertz CT molecular complexity index is 546. The topological polar surface area (TPSA) is 84.7 Å². The molecule has 2 aliphatic heterocycles. The third kappa shape index (κ3) is 2.29. The number of benzene rings is 1. The van der Waals surface area contributed by atoms with E-state index in [9.17, 15) is 9.59 Å². The molecule has 0 bridgehead atoms. The van der Waals surface area contributed by atoms with E-state index < -0.39 is 12.1 Å². The number of carbonyl (C=O) groups is 2. The summed E-state index contributed by atoms with van der Waals surface area (Å²) in [4.78, 5) is 24.4. The lowest BCUT2D eigenvalue weighted by atomic mass is 9.89. The molecule has 0 radical (unpaired) electrons. The molecular formula is C14H17N3O3. The van der Waals surface area contributed by atoms with Gasteiger partial charge >= 0.3 is 12.1 Å². The summed E-state index contributed by atoms with van der Waals surface area (Å²) in [6, 6.07) is 7.44. The van der Waals surface area contributed by atoms with E-state index in [1.165, 1.54) is 5.56 Å². The first-order chi connectivity index (χ1) is 9.65. The summed E-state index contributed by atoms with van der Waals surface area (Å²) in [7, 11) is 0. The highest BCUT2D eigenvalue weighted by Gasteiger charge is 2.34. The molecule has 1 aromatic carbocycles. The van der Waals surface area contributed by atoms with Gasteiger partial charge in [-0.15, -0.1) is 0 Å². The fraction of sp³-hybridized carbons (Fsp3) is 0.429. The smallest absolute Gasteiger partial charge is 0.407 e. The Morgan fingerprint density at radius 3 is 2.95 bits per heavy atom. The Kier molecular flexibility index (Phi) is 3.22. The van der Waals surface area contributed by atoms with Crippen molar-refractivity contribution in [2.75, 3.05) is 13.2 Å². The summed E-state index contributed by atoms with van der Waals surface area (Å²) in [5, 5.41) is 2.75. The lowest BCUT2D eigenvalue weighted by molar-refractivity contribution is 0.162. The van der Waals surface area contributed by atoms with Gasteiger partial charge in [-0.25, -0.2) is 9.59 Å². The van der Waals surface area contributed by atoms with Crippen LogP contribution in [0.5, 0.6) is 0 Å². The quantitative estimate of drug-likeness (QED) is 0.849. The second kappa shape index (κ2) is 5.03. The first-order valence-electron chi connectivity index (χ1n) is 6.72. The number of amides is 3. The summed E-state index contributed by atoms with van der Waals surface area (Å²) >= 11 is 0. The van der Waals surface area contributed by atoms with Crippen LogP contribution in [-0.2, 0) is 11.2 Å². The number of primary amides is 1. The fourth-order valence-electron chi connectivity index (χ4n) is 2.99. The highest BCUT2D eigenvalue weighted by molar-refractivity contribution is 5.73. The number of carbonyl (C=O) groups excluding carboxylic acids is 2. The zero-order chi connectivity index (χ0) is 14.1. The molecule has 3 N–H and O–H groups in total. The predicted octanol–water partition coefficient (Wildman–Crippen LogP) is 1.16. The summed E-state index contributed by atoms with van der Waals surface area (Å²) in [6.07, 6.45) is 1.03. The van der Waals surface area contributed by atoms with Gasteiger partial charge in [0, 0.05) is 6.54 Å². The standard InChI is InChI=1S/C14H17N3O3/c15-13(18)17-6-5-9-3-1-2-4-11(9)12(17)7-10-8-20-14(19)16-10/h1-4,10,12H,5-8H2,(H2,15,18)(H,16,19)/t10-,12?/m1/s1. The van der Waals surface area contributed by atoms with E-state index in [1.807, 2.05) is 18.2 Å². The number of hydrogen-bond donors (Lipinski definition) is 2. The number of hydrogen-bond acceptors (Lipinski definition) is 3. The van der Waals surface area contributed by atoms with E-state index in [0.29, 0.717) is 19.6 Å². The van der Waals surface area contributed by atoms with Crippen molar-refractivity contribution in [1.82, 2.24) is 10.2 Å². The zero-order valence-corrected chi connectivity index (χ0v) is 11.0. The third-order valence-electron chi connectivity index (χ3n) is 3.94. The molecular weight excluding hydrogens is 258 g/mol. The van der Waals surface area contributed by atoms with Gasteiger partial charge in [0.15, 0.2) is 0 Å². The molecule has 0 aromatic heterocycles. The number of cyclic esters (lactones) is 1. The highest BCUT2D eigenvalue weighted by atomic mass is 16.6. The number of nitrogens with one attached hydrogen (secondary N) is 1. The molecule has 2 aliphatic rings. The lowest BCUT2D eigenvalue weighted by Crippen LogP contribution is -2.45. The number of nitrogens with zero attached hydrogens (tertiary/aromatic N) is 1. The lowest BCUT2D eigenvalue weighted by Gasteiger charge is -2.37. The molecule has 2 heterocycles. The number of ether oxygens (including phenoxy) is 1. The predicted molar refractivity (Wildman–Crippen MR) is 72.1 cm³/mol. The molecule has 1 saturated heterocycles. The van der Waals surface area contributed by atoms with E-state index in [0.717, 1.165) is 12.0 Å². The molecule has 0 saturated carbocycles. The number of rotatable bonds is 2. The van der Waals surface area contributed by atoms with Crippen molar-refractivity contribution in [2.24, 2.45) is 5.73 Å². The number of nitrogens with two attached hydrogens (primary N) is 1. The summed E-state index contributed by atoms with van der Waals surface area (Å²) in [5.41, 5.74) is 7.83. The molecule has 1 aromatic rings. The van der Waals surface area contributed by atoms with Crippen LogP contribution in [0.25, 0.3) is 0 Å². The van der Waals surface area contributed by atoms with E-state index in [1.54, 1.807) is 4.90 Å². The average Bonchev–Trinajstić information content (AvgIpc) is 2.84. The van der Waals surface area contributed by atoms with Crippen LogP contribution >= 0.6 is 0 Å². The maximum atomic E-state index is 11.6. The Balaban J connectivity index is 1.86. The molecule has 106 valence electrons. The van der Waals surface area contributed by atoms with Crippen LogP contribution in [0.1, 0.15) is 23.6 Å². The van der Waals surface area contributed by atoms with Crippen LogP contribution in [0.3, 0.4) is 0 Å². The van der Waals surface area contributed by atoms with E-state index in [4.69, 9.17) is 10.5 Å². The van der Waals surface area contributed by atoms with Crippen molar-refractivity contribution in [1.29, 1.82) is 0 Å². The monoisotopic (exact) mass is 275 g/mol. The van der Waals surface area contributed by atoms with E-state index >= 15 is 0 Å². The van der Waals surface area contributed by atoms with Gasteiger partial charge in [-0.3, -0.25) is 0 Å². The van der Waals surface area contributed by atoms with Gasteiger partial charge in [0.2, 0.25) is 0 Å². The summed E-state index contributed by atoms with van der Waals surface area (Å²) in [6.45, 7) is 0.947. The van der Waals surface area contributed by atoms with Crippen LogP contribution in [-0.4, -0.2) is 36.2 Å². The summed E-state index contributed by atoms with van der Waals surface area (Å²) in [5.74, 6) is 0. The van der Waals surface area contributed by atoms with Crippen LogP contribution < -0.4 is 11.1 Å². The highest BCUT2D eigenvalue weighted by Crippen LogP contribution is 2.33. The van der Waals surface area contributed by atoms with Gasteiger partial charge in [0.25, 0.3) is 0 Å². The van der Waals surface area contributed by atoms with Crippen LogP contribution in [0, 0.1) is 0 Å². The maximum Gasteiger partial charge on any atom is 0.407 e. The zero-order valence-electron chi connectivity index (χ0n) is 11.0. The normalized spacial score (nSPS) is 24.8. The molecule has 1 fully saturated rings. The molecule has 3 rings (SSSR count). The number of fused-ring (bicyclic) bond motifs is 1. The van der Waals surface area contributed by atoms with Crippen molar-refractivity contribution in [2.45, 2.75) is 24.9 Å². The van der Waals surface area contributed by atoms with Crippen molar-refractivity contribution >= 4 is 12.1 Å². The van der Waals surface area contributed by atoms with Crippen LogP contribution in [0.15, 0.2) is 24.3 Å². The van der Waals surface area contributed by atoms with Crippen molar-refractivity contribution < 1.29 is 14.3 Å². The molecule has 6 nitrogen and oxygen atoms in total. The third-order valence-corrected chi connectivity index (χ3v) is 3.94. The Hall–Kier alpha value is -2.24.